The lowest BCUT2D eigenvalue weighted by atomic mass is 10.1. The summed E-state index contributed by atoms with van der Waals surface area (Å²) in [5, 5.41) is 0. The van der Waals surface area contributed by atoms with E-state index in [2.05, 4.69) is 0 Å². The molecule has 18 heavy (non-hydrogen) atoms. The van der Waals surface area contributed by atoms with Crippen molar-refractivity contribution in [2.24, 2.45) is 0 Å². The molecule has 0 heterocycles. The molecular formula is C14H19FO3. The summed E-state index contributed by atoms with van der Waals surface area (Å²) in [5.74, 6) is -0.655. The van der Waals surface area contributed by atoms with Crippen LogP contribution in [0.25, 0.3) is 0 Å². The fraction of sp³-hybridized carbons (Fsp3) is 0.500. The van der Waals surface area contributed by atoms with E-state index in [0.29, 0.717) is 5.56 Å². The molecule has 3 nitrogen and oxygen atoms in total. The van der Waals surface area contributed by atoms with Crippen LogP contribution in [0.1, 0.15) is 37.6 Å². The Balaban J connectivity index is 2.71. The highest BCUT2D eigenvalue weighted by Crippen LogP contribution is 2.19. The number of rotatable bonds is 6. The van der Waals surface area contributed by atoms with E-state index in [1.807, 2.05) is 20.8 Å². The summed E-state index contributed by atoms with van der Waals surface area (Å²) in [6.07, 6.45) is 0.803. The number of ketones is 1. The summed E-state index contributed by atoms with van der Waals surface area (Å²) in [7, 11) is 1.38. The molecule has 0 unspecified atom stereocenters. The quantitative estimate of drug-likeness (QED) is 0.731. The topological polar surface area (TPSA) is 35.5 Å². The molecule has 0 aliphatic carbocycles. The Morgan fingerprint density at radius 3 is 2.56 bits per heavy atom. The van der Waals surface area contributed by atoms with E-state index < -0.39 is 5.82 Å². The lowest BCUT2D eigenvalue weighted by Crippen LogP contribution is -2.26. The van der Waals surface area contributed by atoms with Crippen LogP contribution >= 0.6 is 0 Å². The van der Waals surface area contributed by atoms with Gasteiger partial charge in [0.2, 0.25) is 0 Å². The van der Waals surface area contributed by atoms with Gasteiger partial charge < -0.3 is 9.47 Å². The van der Waals surface area contributed by atoms with Gasteiger partial charge in [0, 0.05) is 5.56 Å². The molecule has 100 valence electrons. The third kappa shape index (κ3) is 3.81. The predicted molar refractivity (Wildman–Crippen MR) is 67.6 cm³/mol. The van der Waals surface area contributed by atoms with E-state index in [1.54, 1.807) is 0 Å². The van der Waals surface area contributed by atoms with Crippen LogP contribution in [-0.4, -0.2) is 25.1 Å². The Hall–Kier alpha value is -1.42. The van der Waals surface area contributed by atoms with Crippen molar-refractivity contribution in [1.82, 2.24) is 0 Å². The van der Waals surface area contributed by atoms with Crippen molar-refractivity contribution in [1.29, 1.82) is 0 Å². The third-order valence-electron chi connectivity index (χ3n) is 2.92. The summed E-state index contributed by atoms with van der Waals surface area (Å²) in [6, 6.07) is 4.14. The maximum absolute atomic E-state index is 13.4. The molecule has 0 aliphatic rings. The zero-order valence-electron chi connectivity index (χ0n) is 11.2. The van der Waals surface area contributed by atoms with E-state index in [-0.39, 0.29) is 23.7 Å². The Morgan fingerprint density at radius 1 is 1.39 bits per heavy atom. The minimum absolute atomic E-state index is 0.0490. The van der Waals surface area contributed by atoms with Gasteiger partial charge in [0.05, 0.1) is 12.7 Å². The number of ether oxygens (including phenoxy) is 2. The van der Waals surface area contributed by atoms with Gasteiger partial charge in [-0.05, 0) is 38.5 Å². The van der Waals surface area contributed by atoms with E-state index >= 15 is 0 Å². The van der Waals surface area contributed by atoms with Gasteiger partial charge in [0.1, 0.15) is 6.61 Å². The Morgan fingerprint density at radius 2 is 2.06 bits per heavy atom. The van der Waals surface area contributed by atoms with E-state index in [0.717, 1.165) is 6.42 Å². The summed E-state index contributed by atoms with van der Waals surface area (Å²) in [6.45, 7) is 5.76. The molecule has 0 aliphatic heterocycles. The number of methoxy groups -OCH3 is 1. The molecule has 0 saturated carbocycles. The average molecular weight is 254 g/mol. The van der Waals surface area contributed by atoms with Gasteiger partial charge in [-0.2, -0.15) is 0 Å². The van der Waals surface area contributed by atoms with Crippen LogP contribution in [0.4, 0.5) is 4.39 Å². The van der Waals surface area contributed by atoms with Gasteiger partial charge >= 0.3 is 0 Å². The SMILES string of the molecule is CCC(C)(C)OCC(=O)c1ccc(OC)c(F)c1. The van der Waals surface area contributed by atoms with Gasteiger partial charge in [-0.15, -0.1) is 0 Å². The first-order valence-corrected chi connectivity index (χ1v) is 5.90. The van der Waals surface area contributed by atoms with Gasteiger partial charge in [-0.3, -0.25) is 4.79 Å². The molecule has 0 saturated heterocycles. The Kier molecular flexibility index (Phi) is 4.84. The lowest BCUT2D eigenvalue weighted by molar-refractivity contribution is -0.0122. The zero-order valence-corrected chi connectivity index (χ0v) is 11.2. The second kappa shape index (κ2) is 5.96. The van der Waals surface area contributed by atoms with Crippen LogP contribution in [0.3, 0.4) is 0 Å². The number of carbonyl (C=O) groups is 1. The number of carbonyl (C=O) groups excluding carboxylic acids is 1. The summed E-state index contributed by atoms with van der Waals surface area (Å²) in [4.78, 5) is 11.8. The van der Waals surface area contributed by atoms with Crippen LogP contribution in [0, 0.1) is 5.82 Å². The van der Waals surface area contributed by atoms with E-state index in [4.69, 9.17) is 9.47 Å². The highest BCUT2D eigenvalue weighted by atomic mass is 19.1. The normalized spacial score (nSPS) is 11.4. The first kappa shape index (κ1) is 14.6. The van der Waals surface area contributed by atoms with Crippen molar-refractivity contribution in [3.05, 3.63) is 29.6 Å². The summed E-state index contributed by atoms with van der Waals surface area (Å²) >= 11 is 0. The number of hydrogen-bond donors (Lipinski definition) is 0. The molecule has 0 bridgehead atoms. The minimum Gasteiger partial charge on any atom is -0.494 e. The molecule has 0 spiro atoms. The summed E-state index contributed by atoms with van der Waals surface area (Å²) < 4.78 is 23.7. The number of benzene rings is 1. The van der Waals surface area contributed by atoms with Crippen molar-refractivity contribution in [3.63, 3.8) is 0 Å². The highest BCUT2D eigenvalue weighted by Gasteiger charge is 2.18. The van der Waals surface area contributed by atoms with Crippen LogP contribution in [0.15, 0.2) is 18.2 Å². The molecular weight excluding hydrogens is 235 g/mol. The van der Waals surface area contributed by atoms with Gasteiger partial charge in [0.15, 0.2) is 17.3 Å². The maximum Gasteiger partial charge on any atom is 0.188 e. The van der Waals surface area contributed by atoms with E-state index in [9.17, 15) is 9.18 Å². The lowest BCUT2D eigenvalue weighted by Gasteiger charge is -2.22. The fourth-order valence-electron chi connectivity index (χ4n) is 1.29. The maximum atomic E-state index is 13.4. The second-order valence-corrected chi connectivity index (χ2v) is 4.67. The van der Waals surface area contributed by atoms with Crippen molar-refractivity contribution < 1.29 is 18.7 Å². The van der Waals surface area contributed by atoms with Crippen LogP contribution in [0.5, 0.6) is 5.75 Å². The largest absolute Gasteiger partial charge is 0.494 e. The van der Waals surface area contributed by atoms with E-state index in [1.165, 1.54) is 25.3 Å². The predicted octanol–water partition coefficient (Wildman–Crippen LogP) is 3.22. The van der Waals surface area contributed by atoms with Crippen LogP contribution < -0.4 is 4.74 Å². The smallest absolute Gasteiger partial charge is 0.188 e. The first-order chi connectivity index (χ1) is 8.39. The molecule has 0 radical (unpaired) electrons. The molecule has 0 aromatic heterocycles. The average Bonchev–Trinajstić information content (AvgIpc) is 2.36. The molecule has 0 atom stereocenters. The molecule has 1 rings (SSSR count). The van der Waals surface area contributed by atoms with Gasteiger partial charge in [0.25, 0.3) is 0 Å². The van der Waals surface area contributed by atoms with Gasteiger partial charge in [-0.25, -0.2) is 4.39 Å². The standard InChI is InChI=1S/C14H19FO3/c1-5-14(2,3)18-9-12(16)10-6-7-13(17-4)11(15)8-10/h6-8H,5,9H2,1-4H3. The minimum atomic E-state index is -0.543. The molecule has 0 amide bonds. The first-order valence-electron chi connectivity index (χ1n) is 5.90. The molecule has 0 fully saturated rings. The van der Waals surface area contributed by atoms with Crippen molar-refractivity contribution in [2.75, 3.05) is 13.7 Å². The second-order valence-electron chi connectivity index (χ2n) is 4.67. The Bertz CT molecular complexity index is 427. The van der Waals surface area contributed by atoms with Crippen molar-refractivity contribution >= 4 is 5.78 Å². The highest BCUT2D eigenvalue weighted by molar-refractivity contribution is 5.97. The van der Waals surface area contributed by atoms with Crippen molar-refractivity contribution in [3.8, 4) is 5.75 Å². The molecule has 1 aromatic carbocycles. The van der Waals surface area contributed by atoms with Crippen LogP contribution in [0.2, 0.25) is 0 Å². The Labute approximate surface area is 107 Å². The summed E-state index contributed by atoms with van der Waals surface area (Å²) in [5.41, 5.74) is -0.0547. The number of hydrogen-bond acceptors (Lipinski definition) is 3. The molecule has 1 aromatic rings. The molecule has 0 N–H and O–H groups in total. The monoisotopic (exact) mass is 254 g/mol. The number of Topliss-reactive ketones (excluding diaryl/α,β-unsaturated/α-hetero) is 1. The van der Waals surface area contributed by atoms with Crippen molar-refractivity contribution in [2.45, 2.75) is 32.8 Å². The fourth-order valence-corrected chi connectivity index (χ4v) is 1.29. The zero-order chi connectivity index (χ0) is 13.8. The third-order valence-corrected chi connectivity index (χ3v) is 2.92. The van der Waals surface area contributed by atoms with Gasteiger partial charge in [-0.1, -0.05) is 6.92 Å². The number of halogens is 1. The van der Waals surface area contributed by atoms with Crippen LogP contribution in [-0.2, 0) is 4.74 Å². The molecule has 4 heteroatoms.